The van der Waals surface area contributed by atoms with Gasteiger partial charge in [0.1, 0.15) is 23.8 Å². The quantitative estimate of drug-likeness (QED) is 0.471. The van der Waals surface area contributed by atoms with Crippen LogP contribution >= 0.6 is 11.3 Å². The van der Waals surface area contributed by atoms with Crippen molar-refractivity contribution in [3.8, 4) is 5.75 Å². The van der Waals surface area contributed by atoms with Gasteiger partial charge in [-0.3, -0.25) is 0 Å². The Labute approximate surface area is 155 Å². The first-order valence-electron chi connectivity index (χ1n) is 8.14. The highest BCUT2D eigenvalue weighted by atomic mass is 32.1. The Morgan fingerprint density at radius 1 is 1.27 bits per heavy atom. The van der Waals surface area contributed by atoms with E-state index in [1.807, 2.05) is 36.7 Å². The van der Waals surface area contributed by atoms with Gasteiger partial charge in [0.15, 0.2) is 0 Å². The number of esters is 1. The summed E-state index contributed by atoms with van der Waals surface area (Å²) >= 11 is 1.54. The summed E-state index contributed by atoms with van der Waals surface area (Å²) < 4.78 is 12.7. The third-order valence-electron chi connectivity index (χ3n) is 3.62. The van der Waals surface area contributed by atoms with Crippen LogP contribution in [-0.2, 0) is 23.2 Å². The van der Waals surface area contributed by atoms with E-state index in [1.54, 1.807) is 35.5 Å². The number of hydrogen-bond acceptors (Lipinski definition) is 6. The van der Waals surface area contributed by atoms with Gasteiger partial charge in [-0.1, -0.05) is 12.1 Å². The fourth-order valence-corrected chi connectivity index (χ4v) is 2.88. The third-order valence-corrected chi connectivity index (χ3v) is 4.25. The van der Waals surface area contributed by atoms with Gasteiger partial charge in [-0.25, -0.2) is 14.8 Å². The van der Waals surface area contributed by atoms with Gasteiger partial charge in [0.2, 0.25) is 0 Å². The fourth-order valence-electron chi connectivity index (χ4n) is 2.34. The molecule has 0 amide bonds. The topological polar surface area (TPSA) is 66.2 Å². The summed E-state index contributed by atoms with van der Waals surface area (Å²) in [5.41, 5.74) is 3.95. The van der Waals surface area contributed by atoms with Gasteiger partial charge in [-0.15, -0.1) is 11.3 Å². The van der Waals surface area contributed by atoms with Crippen LogP contribution in [0.2, 0.25) is 0 Å². The maximum absolute atomic E-state index is 12.3. The minimum Gasteiger partial charge on any atom is -0.487 e. The van der Waals surface area contributed by atoms with Crippen molar-refractivity contribution in [2.75, 3.05) is 6.61 Å². The highest BCUT2D eigenvalue weighted by Gasteiger charge is 2.17. The molecule has 0 saturated carbocycles. The average Bonchev–Trinajstić information content (AvgIpc) is 3.31. The molecule has 0 fully saturated rings. The zero-order chi connectivity index (χ0) is 18.4. The van der Waals surface area contributed by atoms with Gasteiger partial charge in [0, 0.05) is 24.8 Å². The summed E-state index contributed by atoms with van der Waals surface area (Å²) in [5, 5.41) is 1.95. The van der Waals surface area contributed by atoms with Gasteiger partial charge in [-0.05, 0) is 30.7 Å². The zero-order valence-corrected chi connectivity index (χ0v) is 15.4. The van der Waals surface area contributed by atoms with Gasteiger partial charge in [-0.2, -0.15) is 0 Å². The second-order valence-electron chi connectivity index (χ2n) is 5.48. The Kier molecular flexibility index (Phi) is 5.80. The number of hydrogen-bond donors (Lipinski definition) is 0. The molecule has 0 N–H and O–H groups in total. The number of imidazole rings is 1. The average molecular weight is 369 g/mol. The first-order valence-corrected chi connectivity index (χ1v) is 9.08. The fraction of sp³-hybridized carbons (Fsp3) is 0.211. The molecule has 3 aromatic rings. The lowest BCUT2D eigenvalue weighted by molar-refractivity contribution is -0.136. The summed E-state index contributed by atoms with van der Waals surface area (Å²) in [6.45, 7) is 2.52. The van der Waals surface area contributed by atoms with E-state index >= 15 is 0 Å². The van der Waals surface area contributed by atoms with E-state index in [9.17, 15) is 4.79 Å². The number of aryl methyl sites for hydroxylation is 1. The maximum atomic E-state index is 12.3. The molecule has 134 valence electrons. The molecule has 0 bridgehead atoms. The smallest absolute Gasteiger partial charge is 0.341 e. The molecular weight excluding hydrogens is 350 g/mol. The molecule has 0 aliphatic carbocycles. The molecule has 0 radical (unpaired) electrons. The van der Waals surface area contributed by atoms with E-state index < -0.39 is 5.97 Å². The summed E-state index contributed by atoms with van der Waals surface area (Å²) in [4.78, 5) is 20.8. The van der Waals surface area contributed by atoms with Crippen molar-refractivity contribution in [1.29, 1.82) is 0 Å². The number of benzene rings is 1. The molecule has 6 nitrogen and oxygen atoms in total. The number of rotatable bonds is 7. The molecule has 3 rings (SSSR count). The van der Waals surface area contributed by atoms with Crippen LogP contribution in [-0.4, -0.2) is 27.1 Å². The predicted octanol–water partition coefficient (Wildman–Crippen LogP) is 3.56. The molecule has 1 aromatic carbocycles. The van der Waals surface area contributed by atoms with Crippen molar-refractivity contribution in [2.24, 2.45) is 7.05 Å². The SMILES string of the molecule is CCOC(=O)/C(=C\c1ccc(OCc2cscn2)cc1)c1nccn1C. The lowest BCUT2D eigenvalue weighted by Gasteiger charge is -2.08. The summed E-state index contributed by atoms with van der Waals surface area (Å²) in [6, 6.07) is 7.50. The summed E-state index contributed by atoms with van der Waals surface area (Å²) in [5.74, 6) is 0.905. The van der Waals surface area contributed by atoms with Gasteiger partial charge in [0.05, 0.1) is 17.8 Å². The molecule has 0 saturated heterocycles. The minimum absolute atomic E-state index is 0.310. The Bertz CT molecular complexity index is 883. The molecule has 2 aromatic heterocycles. The van der Waals surface area contributed by atoms with Crippen molar-refractivity contribution < 1.29 is 14.3 Å². The largest absolute Gasteiger partial charge is 0.487 e. The van der Waals surface area contributed by atoms with Crippen molar-refractivity contribution in [3.63, 3.8) is 0 Å². The normalized spacial score (nSPS) is 11.4. The number of ether oxygens (including phenoxy) is 2. The molecule has 0 unspecified atom stereocenters. The van der Waals surface area contributed by atoms with Crippen LogP contribution in [0.4, 0.5) is 0 Å². The van der Waals surface area contributed by atoms with E-state index in [2.05, 4.69) is 9.97 Å². The van der Waals surface area contributed by atoms with Crippen LogP contribution in [0.3, 0.4) is 0 Å². The van der Waals surface area contributed by atoms with Crippen LogP contribution in [0.15, 0.2) is 47.5 Å². The lowest BCUT2D eigenvalue weighted by atomic mass is 10.1. The Morgan fingerprint density at radius 3 is 2.69 bits per heavy atom. The van der Waals surface area contributed by atoms with Crippen molar-refractivity contribution in [2.45, 2.75) is 13.5 Å². The van der Waals surface area contributed by atoms with E-state index in [0.29, 0.717) is 24.6 Å². The first-order chi connectivity index (χ1) is 12.7. The number of aromatic nitrogens is 3. The summed E-state index contributed by atoms with van der Waals surface area (Å²) in [7, 11) is 1.84. The number of nitrogens with zero attached hydrogens (tertiary/aromatic N) is 3. The van der Waals surface area contributed by atoms with Crippen LogP contribution in [0.25, 0.3) is 11.6 Å². The van der Waals surface area contributed by atoms with Gasteiger partial charge in [0.25, 0.3) is 0 Å². The molecule has 0 atom stereocenters. The standard InChI is InChI=1S/C19H19N3O3S/c1-3-24-19(23)17(18-20-8-9-22(18)2)10-14-4-6-16(7-5-14)25-11-15-12-26-13-21-15/h4-10,12-13H,3,11H2,1-2H3/b17-10-. The number of carbonyl (C=O) groups excluding carboxylic acids is 1. The van der Waals surface area contributed by atoms with E-state index in [4.69, 9.17) is 9.47 Å². The highest BCUT2D eigenvalue weighted by molar-refractivity contribution is 7.07. The van der Waals surface area contributed by atoms with Crippen LogP contribution < -0.4 is 4.74 Å². The molecule has 0 spiro atoms. The molecule has 0 aliphatic rings. The third kappa shape index (κ3) is 4.37. The number of carbonyl (C=O) groups is 1. The van der Waals surface area contributed by atoms with E-state index in [-0.39, 0.29) is 0 Å². The molecule has 2 heterocycles. The maximum Gasteiger partial charge on any atom is 0.341 e. The van der Waals surface area contributed by atoms with E-state index in [0.717, 1.165) is 17.0 Å². The van der Waals surface area contributed by atoms with E-state index in [1.165, 1.54) is 11.3 Å². The van der Waals surface area contributed by atoms with Crippen LogP contribution in [0.5, 0.6) is 5.75 Å². The Morgan fingerprint density at radius 2 is 2.08 bits per heavy atom. The molecule has 7 heteroatoms. The zero-order valence-electron chi connectivity index (χ0n) is 14.6. The van der Waals surface area contributed by atoms with Crippen molar-refractivity contribution >= 4 is 29.0 Å². The van der Waals surface area contributed by atoms with Gasteiger partial charge >= 0.3 is 5.97 Å². The van der Waals surface area contributed by atoms with Gasteiger partial charge < -0.3 is 14.0 Å². The Hall–Kier alpha value is -2.93. The second-order valence-corrected chi connectivity index (χ2v) is 6.20. The van der Waals surface area contributed by atoms with Crippen molar-refractivity contribution in [1.82, 2.24) is 14.5 Å². The lowest BCUT2D eigenvalue weighted by Crippen LogP contribution is -2.10. The molecular formula is C19H19N3O3S. The van der Waals surface area contributed by atoms with Crippen LogP contribution in [0.1, 0.15) is 24.0 Å². The Balaban J connectivity index is 1.78. The predicted molar refractivity (Wildman–Crippen MR) is 101 cm³/mol. The molecule has 0 aliphatic heterocycles. The molecule has 26 heavy (non-hydrogen) atoms. The first kappa shape index (κ1) is 17.9. The van der Waals surface area contributed by atoms with Crippen LogP contribution in [0, 0.1) is 0 Å². The monoisotopic (exact) mass is 369 g/mol. The highest BCUT2D eigenvalue weighted by Crippen LogP contribution is 2.21. The summed E-state index contributed by atoms with van der Waals surface area (Å²) in [6.07, 6.45) is 5.21. The minimum atomic E-state index is -0.398. The second kappa shape index (κ2) is 8.44. The van der Waals surface area contributed by atoms with Crippen molar-refractivity contribution in [3.05, 3.63) is 64.6 Å². The number of thiazole rings is 1.